The number of anilines is 1. The zero-order chi connectivity index (χ0) is 13.1. The number of allylic oxidation sites excluding steroid dienone is 1. The maximum atomic E-state index is 11.0. The van der Waals surface area contributed by atoms with E-state index in [2.05, 4.69) is 4.72 Å². The Morgan fingerprint density at radius 3 is 2.53 bits per heavy atom. The van der Waals surface area contributed by atoms with Gasteiger partial charge in [0.05, 0.1) is 11.8 Å². The summed E-state index contributed by atoms with van der Waals surface area (Å²) >= 11 is 0. The summed E-state index contributed by atoms with van der Waals surface area (Å²) in [5.41, 5.74) is 0.814. The van der Waals surface area contributed by atoms with Crippen molar-refractivity contribution in [3.05, 3.63) is 35.4 Å². The van der Waals surface area contributed by atoms with Crippen molar-refractivity contribution in [1.82, 2.24) is 0 Å². The predicted octanol–water partition coefficient (Wildman–Crippen LogP) is 1.79. The smallest absolute Gasteiger partial charge is 0.336 e. The highest BCUT2D eigenvalue weighted by atomic mass is 32.2. The number of carboxylic acid groups (broad SMARTS) is 1. The standard InChI is InChI=1S/C11H13NO4S/c1-3-4-8-5-6-9(12-17(2,15)16)7-10(8)11(13)14/h3-7,12H,1-2H3,(H,13,14)/b4-3+. The number of hydrogen-bond donors (Lipinski definition) is 2. The highest BCUT2D eigenvalue weighted by molar-refractivity contribution is 7.92. The van der Waals surface area contributed by atoms with Crippen molar-refractivity contribution in [2.45, 2.75) is 6.92 Å². The maximum absolute atomic E-state index is 11.0. The molecule has 0 fully saturated rings. The highest BCUT2D eigenvalue weighted by Gasteiger charge is 2.10. The molecule has 0 saturated carbocycles. The first-order valence-electron chi connectivity index (χ1n) is 4.81. The molecule has 0 aliphatic rings. The Kier molecular flexibility index (Phi) is 3.90. The lowest BCUT2D eigenvalue weighted by molar-refractivity contribution is 0.0696. The van der Waals surface area contributed by atoms with Gasteiger partial charge in [-0.1, -0.05) is 18.2 Å². The van der Waals surface area contributed by atoms with Crippen molar-refractivity contribution in [2.75, 3.05) is 11.0 Å². The third-order valence-electron chi connectivity index (χ3n) is 1.93. The van der Waals surface area contributed by atoms with Crippen LogP contribution in [-0.2, 0) is 10.0 Å². The average molecular weight is 255 g/mol. The SMILES string of the molecule is C/C=C/c1ccc(NS(C)(=O)=O)cc1C(=O)O. The first kappa shape index (κ1) is 13.2. The Morgan fingerprint density at radius 1 is 1.41 bits per heavy atom. The molecule has 0 spiro atoms. The van der Waals surface area contributed by atoms with E-state index in [1.165, 1.54) is 12.1 Å². The number of carboxylic acids is 1. The molecule has 1 aromatic carbocycles. The summed E-state index contributed by atoms with van der Waals surface area (Å²) in [5, 5.41) is 9.00. The fourth-order valence-electron chi connectivity index (χ4n) is 1.34. The zero-order valence-corrected chi connectivity index (χ0v) is 10.3. The van der Waals surface area contributed by atoms with E-state index in [0.717, 1.165) is 6.26 Å². The van der Waals surface area contributed by atoms with Crippen molar-refractivity contribution in [3.63, 3.8) is 0 Å². The van der Waals surface area contributed by atoms with E-state index < -0.39 is 16.0 Å². The third kappa shape index (κ3) is 3.92. The van der Waals surface area contributed by atoms with Crippen molar-refractivity contribution < 1.29 is 18.3 Å². The molecule has 5 nitrogen and oxygen atoms in total. The van der Waals surface area contributed by atoms with Crippen LogP contribution in [0.3, 0.4) is 0 Å². The van der Waals surface area contributed by atoms with Gasteiger partial charge in [0.2, 0.25) is 10.0 Å². The monoisotopic (exact) mass is 255 g/mol. The largest absolute Gasteiger partial charge is 0.478 e. The van der Waals surface area contributed by atoms with E-state index in [-0.39, 0.29) is 11.3 Å². The van der Waals surface area contributed by atoms with Crippen molar-refractivity contribution in [1.29, 1.82) is 0 Å². The van der Waals surface area contributed by atoms with Crippen LogP contribution in [0.1, 0.15) is 22.8 Å². The van der Waals surface area contributed by atoms with Crippen LogP contribution >= 0.6 is 0 Å². The number of carbonyl (C=O) groups is 1. The number of hydrogen-bond acceptors (Lipinski definition) is 3. The van der Waals surface area contributed by atoms with Gasteiger partial charge in [-0.3, -0.25) is 4.72 Å². The molecule has 0 aliphatic heterocycles. The lowest BCUT2D eigenvalue weighted by Crippen LogP contribution is -2.10. The average Bonchev–Trinajstić information content (AvgIpc) is 2.18. The molecule has 0 aliphatic carbocycles. The fourth-order valence-corrected chi connectivity index (χ4v) is 1.90. The van der Waals surface area contributed by atoms with Crippen LogP contribution in [0.2, 0.25) is 0 Å². The van der Waals surface area contributed by atoms with Gasteiger partial charge >= 0.3 is 5.97 Å². The van der Waals surface area contributed by atoms with Crippen LogP contribution < -0.4 is 4.72 Å². The topological polar surface area (TPSA) is 83.5 Å². The maximum Gasteiger partial charge on any atom is 0.336 e. The number of benzene rings is 1. The van der Waals surface area contributed by atoms with Gasteiger partial charge in [-0.2, -0.15) is 0 Å². The van der Waals surface area contributed by atoms with E-state index in [4.69, 9.17) is 5.11 Å². The van der Waals surface area contributed by atoms with E-state index >= 15 is 0 Å². The Bertz CT molecular complexity index is 561. The van der Waals surface area contributed by atoms with Gasteiger partial charge in [-0.05, 0) is 24.6 Å². The summed E-state index contributed by atoms with van der Waals surface area (Å²) in [6.07, 6.45) is 4.37. The first-order valence-corrected chi connectivity index (χ1v) is 6.70. The Hall–Kier alpha value is -1.82. The minimum absolute atomic E-state index is 0.0525. The van der Waals surface area contributed by atoms with Gasteiger partial charge in [0.1, 0.15) is 0 Å². The van der Waals surface area contributed by atoms with E-state index in [1.54, 1.807) is 25.1 Å². The summed E-state index contributed by atoms with van der Waals surface area (Å²) in [6.45, 7) is 1.77. The minimum atomic E-state index is -3.41. The molecule has 0 bridgehead atoms. The molecule has 0 saturated heterocycles. The molecular weight excluding hydrogens is 242 g/mol. The molecule has 1 rings (SSSR count). The van der Waals surface area contributed by atoms with Gasteiger partial charge in [0.15, 0.2) is 0 Å². The molecule has 6 heteroatoms. The van der Waals surface area contributed by atoms with E-state index in [0.29, 0.717) is 5.56 Å². The summed E-state index contributed by atoms with van der Waals surface area (Å²) in [5.74, 6) is -1.10. The van der Waals surface area contributed by atoms with Crippen LogP contribution in [0.4, 0.5) is 5.69 Å². The molecule has 17 heavy (non-hydrogen) atoms. The Morgan fingerprint density at radius 2 is 2.06 bits per heavy atom. The van der Waals surface area contributed by atoms with Crippen LogP contribution in [0, 0.1) is 0 Å². The molecular formula is C11H13NO4S. The molecule has 0 amide bonds. The quantitative estimate of drug-likeness (QED) is 0.859. The molecule has 0 atom stereocenters. The van der Waals surface area contributed by atoms with Crippen LogP contribution in [0.25, 0.3) is 6.08 Å². The summed E-state index contributed by atoms with van der Waals surface area (Å²) in [4.78, 5) is 11.0. The second-order valence-electron chi connectivity index (χ2n) is 3.48. The molecule has 0 radical (unpaired) electrons. The summed E-state index contributed by atoms with van der Waals surface area (Å²) in [7, 11) is -3.41. The summed E-state index contributed by atoms with van der Waals surface area (Å²) in [6, 6.07) is 4.36. The van der Waals surface area contributed by atoms with Crippen LogP contribution in [-0.4, -0.2) is 25.7 Å². The normalized spacial score (nSPS) is 11.6. The molecule has 0 aromatic heterocycles. The van der Waals surface area contributed by atoms with E-state index in [1.807, 2.05) is 0 Å². The van der Waals surface area contributed by atoms with Crippen molar-refractivity contribution >= 4 is 27.8 Å². The van der Waals surface area contributed by atoms with Gasteiger partial charge in [-0.25, -0.2) is 13.2 Å². The predicted molar refractivity (Wildman–Crippen MR) is 66.6 cm³/mol. The number of sulfonamides is 1. The zero-order valence-electron chi connectivity index (χ0n) is 9.47. The van der Waals surface area contributed by atoms with Gasteiger partial charge < -0.3 is 5.11 Å². The third-order valence-corrected chi connectivity index (χ3v) is 2.54. The second-order valence-corrected chi connectivity index (χ2v) is 5.23. The fraction of sp³-hybridized carbons (Fsp3) is 0.182. The number of aromatic carboxylic acids is 1. The van der Waals surface area contributed by atoms with Gasteiger partial charge in [0.25, 0.3) is 0 Å². The minimum Gasteiger partial charge on any atom is -0.478 e. The summed E-state index contributed by atoms with van der Waals surface area (Å²) < 4.78 is 24.3. The van der Waals surface area contributed by atoms with E-state index in [9.17, 15) is 13.2 Å². The molecule has 1 aromatic rings. The van der Waals surface area contributed by atoms with Crippen molar-refractivity contribution in [3.8, 4) is 0 Å². The van der Waals surface area contributed by atoms with Gasteiger partial charge in [0, 0.05) is 5.69 Å². The molecule has 0 unspecified atom stereocenters. The molecule has 2 N–H and O–H groups in total. The highest BCUT2D eigenvalue weighted by Crippen LogP contribution is 2.18. The molecule has 0 heterocycles. The Labute approximate surface area is 99.8 Å². The van der Waals surface area contributed by atoms with Crippen LogP contribution in [0.15, 0.2) is 24.3 Å². The lowest BCUT2D eigenvalue weighted by atomic mass is 10.1. The van der Waals surface area contributed by atoms with Crippen LogP contribution in [0.5, 0.6) is 0 Å². The molecule has 92 valence electrons. The Balaban J connectivity index is 3.23. The number of rotatable bonds is 4. The first-order chi connectivity index (χ1) is 7.83. The second kappa shape index (κ2) is 5.01. The van der Waals surface area contributed by atoms with Crippen molar-refractivity contribution in [2.24, 2.45) is 0 Å². The van der Waals surface area contributed by atoms with Gasteiger partial charge in [-0.15, -0.1) is 0 Å². The lowest BCUT2D eigenvalue weighted by Gasteiger charge is -2.07. The number of nitrogens with one attached hydrogen (secondary N) is 1.